The lowest BCUT2D eigenvalue weighted by atomic mass is 10.1. The van der Waals surface area contributed by atoms with Crippen LogP contribution < -0.4 is 5.32 Å². The molecule has 0 unspecified atom stereocenters. The van der Waals surface area contributed by atoms with Crippen LogP contribution >= 0.6 is 15.9 Å². The summed E-state index contributed by atoms with van der Waals surface area (Å²) in [6, 6.07) is 4.03. The highest BCUT2D eigenvalue weighted by Gasteiger charge is 2.33. The average Bonchev–Trinajstić information content (AvgIpc) is 2.25. The number of halogens is 4. The molecule has 0 aliphatic heterocycles. The van der Waals surface area contributed by atoms with E-state index in [-0.39, 0.29) is 5.69 Å². The second kappa shape index (κ2) is 5.97. The second-order valence-electron chi connectivity index (χ2n) is 3.42. The van der Waals surface area contributed by atoms with Gasteiger partial charge < -0.3 is 5.32 Å². The van der Waals surface area contributed by atoms with E-state index >= 15 is 0 Å². The summed E-state index contributed by atoms with van der Waals surface area (Å²) in [7, 11) is 0. The molecule has 0 fully saturated rings. The summed E-state index contributed by atoms with van der Waals surface area (Å²) in [6.07, 6.45) is 1.89. The molecule has 1 N–H and O–H groups in total. The first-order valence-corrected chi connectivity index (χ1v) is 5.78. The third kappa shape index (κ3) is 4.31. The summed E-state index contributed by atoms with van der Waals surface area (Å²) in [6.45, 7) is 0.426. The van der Waals surface area contributed by atoms with E-state index < -0.39 is 11.7 Å². The van der Waals surface area contributed by atoms with Gasteiger partial charge in [0.1, 0.15) is 0 Å². The summed E-state index contributed by atoms with van der Waals surface area (Å²) in [5, 5.41) is 2.75. The monoisotopic (exact) mass is 305 g/mol. The molecule has 1 nitrogen and oxygen atoms in total. The van der Waals surface area contributed by atoms with E-state index in [9.17, 15) is 13.2 Å². The molecular formula is C12H11BrF3N. The molecule has 0 aliphatic rings. The molecule has 0 saturated heterocycles. The Morgan fingerprint density at radius 2 is 2.06 bits per heavy atom. The molecule has 1 rings (SSSR count). The first-order valence-electron chi connectivity index (χ1n) is 4.99. The van der Waals surface area contributed by atoms with Gasteiger partial charge in [0.25, 0.3) is 0 Å². The number of nitrogens with one attached hydrogen (secondary N) is 1. The van der Waals surface area contributed by atoms with Gasteiger partial charge in [0.2, 0.25) is 0 Å². The largest absolute Gasteiger partial charge is 0.418 e. The highest BCUT2D eigenvalue weighted by molar-refractivity contribution is 9.10. The van der Waals surface area contributed by atoms with Crippen molar-refractivity contribution in [3.8, 4) is 12.3 Å². The van der Waals surface area contributed by atoms with E-state index in [0.29, 0.717) is 23.9 Å². The zero-order valence-corrected chi connectivity index (χ0v) is 10.5. The SMILES string of the molecule is C#CCCCNc1ccc(Br)cc1C(F)(F)F. The van der Waals surface area contributed by atoms with Crippen LogP contribution in [0.2, 0.25) is 0 Å². The van der Waals surface area contributed by atoms with Crippen molar-refractivity contribution >= 4 is 21.6 Å². The zero-order valence-electron chi connectivity index (χ0n) is 8.94. The second-order valence-corrected chi connectivity index (χ2v) is 4.34. The van der Waals surface area contributed by atoms with Gasteiger partial charge in [0.05, 0.1) is 5.56 Å². The predicted molar refractivity (Wildman–Crippen MR) is 65.7 cm³/mol. The molecule has 0 amide bonds. The van der Waals surface area contributed by atoms with Gasteiger partial charge in [-0.05, 0) is 24.6 Å². The first-order chi connectivity index (χ1) is 7.95. The normalized spacial score (nSPS) is 11.0. The molecule has 1 aromatic rings. The van der Waals surface area contributed by atoms with Gasteiger partial charge in [-0.2, -0.15) is 13.2 Å². The van der Waals surface area contributed by atoms with Crippen molar-refractivity contribution in [1.29, 1.82) is 0 Å². The smallest absolute Gasteiger partial charge is 0.385 e. The van der Waals surface area contributed by atoms with Crippen LogP contribution in [0.5, 0.6) is 0 Å². The molecule has 0 bridgehead atoms. The summed E-state index contributed by atoms with van der Waals surface area (Å²) >= 11 is 3.03. The van der Waals surface area contributed by atoms with E-state index in [2.05, 4.69) is 27.2 Å². The summed E-state index contributed by atoms with van der Waals surface area (Å²) in [4.78, 5) is 0. The van der Waals surface area contributed by atoms with Crippen LogP contribution in [0, 0.1) is 12.3 Å². The Bertz CT molecular complexity index is 421. The third-order valence-corrected chi connectivity index (χ3v) is 2.59. The average molecular weight is 306 g/mol. The van der Waals surface area contributed by atoms with Crippen molar-refractivity contribution in [2.45, 2.75) is 19.0 Å². The molecule has 0 aromatic heterocycles. The van der Waals surface area contributed by atoms with Gasteiger partial charge in [-0.3, -0.25) is 0 Å². The van der Waals surface area contributed by atoms with Crippen molar-refractivity contribution in [2.75, 3.05) is 11.9 Å². The Kier molecular flexibility index (Phi) is 4.88. The van der Waals surface area contributed by atoms with Crippen LogP contribution in [0.4, 0.5) is 18.9 Å². The Hall–Kier alpha value is -1.15. The minimum absolute atomic E-state index is 0.0812. The maximum absolute atomic E-state index is 12.7. The van der Waals surface area contributed by atoms with Gasteiger partial charge in [0.15, 0.2) is 0 Å². The van der Waals surface area contributed by atoms with Gasteiger partial charge >= 0.3 is 6.18 Å². The maximum Gasteiger partial charge on any atom is 0.418 e. The molecular weight excluding hydrogens is 295 g/mol. The van der Waals surface area contributed by atoms with Crippen LogP contribution in [-0.4, -0.2) is 6.54 Å². The van der Waals surface area contributed by atoms with Gasteiger partial charge in [-0.15, -0.1) is 12.3 Å². The van der Waals surface area contributed by atoms with Gasteiger partial charge in [0, 0.05) is 23.1 Å². The van der Waals surface area contributed by atoms with E-state index in [1.807, 2.05) is 0 Å². The number of hydrogen-bond donors (Lipinski definition) is 1. The first kappa shape index (κ1) is 13.9. The molecule has 0 radical (unpaired) electrons. The number of rotatable bonds is 4. The summed E-state index contributed by atoms with van der Waals surface area (Å²) in [5.41, 5.74) is -0.592. The van der Waals surface area contributed by atoms with E-state index in [1.165, 1.54) is 6.07 Å². The van der Waals surface area contributed by atoms with Crippen molar-refractivity contribution in [3.05, 3.63) is 28.2 Å². The molecule has 17 heavy (non-hydrogen) atoms. The number of terminal acetylenes is 1. The summed E-state index contributed by atoms with van der Waals surface area (Å²) in [5.74, 6) is 2.44. The standard InChI is InChI=1S/C12H11BrF3N/c1-2-3-4-7-17-11-6-5-9(13)8-10(11)12(14,15)16/h1,5-6,8,17H,3-4,7H2. The molecule has 1 aromatic carbocycles. The fraction of sp³-hybridized carbons (Fsp3) is 0.333. The number of unbranched alkanes of at least 4 members (excludes halogenated alkanes) is 1. The number of benzene rings is 1. The van der Waals surface area contributed by atoms with Crippen LogP contribution in [0.1, 0.15) is 18.4 Å². The lowest BCUT2D eigenvalue weighted by molar-refractivity contribution is -0.137. The quantitative estimate of drug-likeness (QED) is 0.646. The molecule has 0 saturated carbocycles. The van der Waals surface area contributed by atoms with Crippen LogP contribution in [0.25, 0.3) is 0 Å². The van der Waals surface area contributed by atoms with E-state index in [1.54, 1.807) is 6.07 Å². The fourth-order valence-electron chi connectivity index (χ4n) is 1.32. The number of alkyl halides is 3. The Balaban J connectivity index is 2.81. The van der Waals surface area contributed by atoms with Gasteiger partial charge in [-0.25, -0.2) is 0 Å². The van der Waals surface area contributed by atoms with E-state index in [4.69, 9.17) is 6.42 Å². The highest BCUT2D eigenvalue weighted by Crippen LogP contribution is 2.36. The molecule has 5 heteroatoms. The van der Waals surface area contributed by atoms with Crippen molar-refractivity contribution in [2.24, 2.45) is 0 Å². The lowest BCUT2D eigenvalue weighted by Crippen LogP contribution is -2.11. The minimum Gasteiger partial charge on any atom is -0.385 e. The van der Waals surface area contributed by atoms with Gasteiger partial charge in [-0.1, -0.05) is 15.9 Å². The number of anilines is 1. The molecule has 0 aliphatic carbocycles. The predicted octanol–water partition coefficient (Wildman–Crippen LogP) is 4.29. The fourth-order valence-corrected chi connectivity index (χ4v) is 1.68. The zero-order chi connectivity index (χ0) is 12.9. The van der Waals surface area contributed by atoms with Crippen molar-refractivity contribution < 1.29 is 13.2 Å². The lowest BCUT2D eigenvalue weighted by Gasteiger charge is -2.14. The van der Waals surface area contributed by atoms with Crippen molar-refractivity contribution in [1.82, 2.24) is 0 Å². The third-order valence-electron chi connectivity index (χ3n) is 2.10. The van der Waals surface area contributed by atoms with E-state index in [0.717, 1.165) is 6.07 Å². The Labute approximate surface area is 107 Å². The minimum atomic E-state index is -4.36. The van der Waals surface area contributed by atoms with Crippen LogP contribution in [0.15, 0.2) is 22.7 Å². The molecule has 0 atom stereocenters. The highest BCUT2D eigenvalue weighted by atomic mass is 79.9. The summed E-state index contributed by atoms with van der Waals surface area (Å²) < 4.78 is 38.5. The molecule has 92 valence electrons. The molecule has 0 spiro atoms. The Morgan fingerprint density at radius 1 is 1.35 bits per heavy atom. The van der Waals surface area contributed by atoms with Crippen LogP contribution in [-0.2, 0) is 6.18 Å². The van der Waals surface area contributed by atoms with Crippen LogP contribution in [0.3, 0.4) is 0 Å². The maximum atomic E-state index is 12.7. The topological polar surface area (TPSA) is 12.0 Å². The number of hydrogen-bond acceptors (Lipinski definition) is 1. The molecule has 0 heterocycles. The Morgan fingerprint density at radius 3 is 2.65 bits per heavy atom. The van der Waals surface area contributed by atoms with Crippen molar-refractivity contribution in [3.63, 3.8) is 0 Å².